The summed E-state index contributed by atoms with van der Waals surface area (Å²) in [7, 11) is 0. The highest BCUT2D eigenvalue weighted by atomic mass is 16.6. The second-order valence-electron chi connectivity index (χ2n) is 15.8. The van der Waals surface area contributed by atoms with Gasteiger partial charge < -0.3 is 35.4 Å². The first-order valence-electron chi connectivity index (χ1n) is 19.0. The molecular formula is C40H62N4O8. The zero-order valence-corrected chi connectivity index (χ0v) is 32.0. The van der Waals surface area contributed by atoms with E-state index in [9.17, 15) is 29.1 Å². The number of rotatable bonds is 20. The first-order valence-corrected chi connectivity index (χ1v) is 19.0. The van der Waals surface area contributed by atoms with Crippen LogP contribution in [0.1, 0.15) is 111 Å². The number of Topliss-reactive ketones (excluding diaryl/α,β-unsaturated/α-hetero) is 1. The maximum Gasteiger partial charge on any atom is 0.308 e. The van der Waals surface area contributed by atoms with E-state index in [1.807, 2.05) is 24.3 Å². The van der Waals surface area contributed by atoms with Crippen LogP contribution in [0.5, 0.6) is 5.75 Å². The van der Waals surface area contributed by atoms with Gasteiger partial charge in [-0.15, -0.1) is 6.58 Å². The Morgan fingerprint density at radius 2 is 1.73 bits per heavy atom. The van der Waals surface area contributed by atoms with Crippen LogP contribution in [-0.4, -0.2) is 95.0 Å². The van der Waals surface area contributed by atoms with E-state index in [0.717, 1.165) is 37.0 Å². The number of carbonyl (C=O) groups excluding carboxylic acids is 5. The highest BCUT2D eigenvalue weighted by Gasteiger charge is 2.39. The van der Waals surface area contributed by atoms with Gasteiger partial charge in [-0.25, -0.2) is 0 Å². The van der Waals surface area contributed by atoms with Crippen LogP contribution in [0, 0.1) is 5.92 Å². The molecule has 12 heteroatoms. The van der Waals surface area contributed by atoms with Crippen molar-refractivity contribution in [2.75, 3.05) is 26.2 Å². The van der Waals surface area contributed by atoms with E-state index in [0.29, 0.717) is 57.7 Å². The van der Waals surface area contributed by atoms with Gasteiger partial charge in [0.1, 0.15) is 23.4 Å². The van der Waals surface area contributed by atoms with Crippen molar-refractivity contribution >= 4 is 29.5 Å². The zero-order chi connectivity index (χ0) is 38.3. The minimum atomic E-state index is -1.16. The molecule has 290 valence electrons. The average Bonchev–Trinajstić information content (AvgIpc) is 3.57. The number of benzene rings is 1. The summed E-state index contributed by atoms with van der Waals surface area (Å²) < 4.78 is 11.1. The van der Waals surface area contributed by atoms with Crippen LogP contribution in [0.4, 0.5) is 0 Å². The number of nitrogens with one attached hydrogen (secondary N) is 3. The van der Waals surface area contributed by atoms with Crippen molar-refractivity contribution in [1.82, 2.24) is 20.9 Å². The normalized spacial score (nSPS) is 17.9. The maximum atomic E-state index is 14.2. The fourth-order valence-corrected chi connectivity index (χ4v) is 6.71. The van der Waals surface area contributed by atoms with Gasteiger partial charge in [0.2, 0.25) is 17.6 Å². The molecular weight excluding hydrogens is 664 g/mol. The highest BCUT2D eigenvalue weighted by Crippen LogP contribution is 2.29. The van der Waals surface area contributed by atoms with Crippen LogP contribution in [0.3, 0.4) is 0 Å². The van der Waals surface area contributed by atoms with Crippen molar-refractivity contribution in [3.05, 3.63) is 42.5 Å². The lowest BCUT2D eigenvalue weighted by atomic mass is 9.84. The highest BCUT2D eigenvalue weighted by molar-refractivity contribution is 6.38. The second kappa shape index (κ2) is 20.5. The molecule has 1 saturated heterocycles. The number of esters is 1. The van der Waals surface area contributed by atoms with Crippen molar-refractivity contribution in [2.24, 2.45) is 5.92 Å². The van der Waals surface area contributed by atoms with E-state index in [2.05, 4.69) is 22.5 Å². The molecule has 52 heavy (non-hydrogen) atoms. The molecule has 1 aromatic carbocycles. The maximum absolute atomic E-state index is 14.2. The Balaban J connectivity index is 1.62. The molecule has 3 amide bonds. The Bertz CT molecular complexity index is 1360. The Kier molecular flexibility index (Phi) is 16.8. The smallest absolute Gasteiger partial charge is 0.308 e. The van der Waals surface area contributed by atoms with Gasteiger partial charge in [-0.1, -0.05) is 50.3 Å². The lowest BCUT2D eigenvalue weighted by molar-refractivity contribution is -0.154. The van der Waals surface area contributed by atoms with Gasteiger partial charge in [0.15, 0.2) is 0 Å². The molecule has 1 saturated carbocycles. The Morgan fingerprint density at radius 1 is 1.00 bits per heavy atom. The van der Waals surface area contributed by atoms with Crippen molar-refractivity contribution in [3.63, 3.8) is 0 Å². The predicted molar refractivity (Wildman–Crippen MR) is 199 cm³/mol. The van der Waals surface area contributed by atoms with Crippen LogP contribution in [0.25, 0.3) is 0 Å². The first-order chi connectivity index (χ1) is 24.6. The summed E-state index contributed by atoms with van der Waals surface area (Å²) in [5.41, 5.74) is -0.412. The predicted octanol–water partition coefficient (Wildman–Crippen LogP) is 4.17. The molecule has 12 nitrogen and oxygen atoms in total. The van der Waals surface area contributed by atoms with Crippen molar-refractivity contribution in [3.8, 4) is 5.75 Å². The lowest BCUT2D eigenvalue weighted by Gasteiger charge is -2.32. The molecule has 1 aliphatic carbocycles. The third kappa shape index (κ3) is 15.1. The van der Waals surface area contributed by atoms with E-state index in [1.165, 1.54) is 12.5 Å². The third-order valence-corrected chi connectivity index (χ3v) is 9.41. The number of hydrogen-bond donors (Lipinski definition) is 4. The number of ether oxygens (including phenoxy) is 2. The topological polar surface area (TPSA) is 163 Å². The minimum Gasteiger partial charge on any atom is -0.493 e. The molecule has 1 aromatic rings. The van der Waals surface area contributed by atoms with Gasteiger partial charge in [0, 0.05) is 19.5 Å². The molecule has 2 fully saturated rings. The van der Waals surface area contributed by atoms with Gasteiger partial charge in [0.05, 0.1) is 24.7 Å². The molecule has 3 rings (SSSR count). The summed E-state index contributed by atoms with van der Waals surface area (Å²) in [4.78, 5) is 67.3. The van der Waals surface area contributed by atoms with Crippen molar-refractivity contribution in [1.29, 1.82) is 0 Å². The second-order valence-corrected chi connectivity index (χ2v) is 15.8. The Labute approximate surface area is 309 Å². The largest absolute Gasteiger partial charge is 0.493 e. The SMILES string of the molecule is C=CCC(NC(=O)[C@@H]1CCCN1C(=O)C(CC1CCCCC1)NCCc1cccc(OCCC(C)(C)O)c1)C(=O)C(=O)NCCC(=O)OC(C)(C)C. The molecule has 2 aliphatic rings. The molecule has 0 bridgehead atoms. The van der Waals surface area contributed by atoms with Crippen LogP contribution in [-0.2, 0) is 35.1 Å². The van der Waals surface area contributed by atoms with Gasteiger partial charge in [-0.3, -0.25) is 24.0 Å². The summed E-state index contributed by atoms with van der Waals surface area (Å²) >= 11 is 0. The molecule has 4 N–H and O–H groups in total. The Hall–Kier alpha value is -3.77. The number of carbonyl (C=O) groups is 5. The van der Waals surface area contributed by atoms with Gasteiger partial charge in [-0.05, 0) is 96.9 Å². The van der Waals surface area contributed by atoms with E-state index >= 15 is 0 Å². The molecule has 0 aromatic heterocycles. The van der Waals surface area contributed by atoms with Crippen molar-refractivity contribution in [2.45, 2.75) is 141 Å². The number of ketones is 1. The minimum absolute atomic E-state index is 0.0300. The molecule has 0 spiro atoms. The summed E-state index contributed by atoms with van der Waals surface area (Å²) in [6, 6.07) is 5.43. The van der Waals surface area contributed by atoms with E-state index in [1.54, 1.807) is 39.5 Å². The summed E-state index contributed by atoms with van der Waals surface area (Å²) in [5.74, 6) is -1.73. The quantitative estimate of drug-likeness (QED) is 0.0878. The van der Waals surface area contributed by atoms with Gasteiger partial charge >= 0.3 is 5.97 Å². The molecule has 0 radical (unpaired) electrons. The third-order valence-electron chi connectivity index (χ3n) is 9.41. The standard InChI is InChI=1S/C40H62N4O8/c1-7-13-31(35(46)37(48)42-23-20-34(45)52-39(2,3)4)43-36(47)33-18-12-24-44(33)38(49)32(27-28-14-9-8-10-15-28)41-22-19-29-16-11-17-30(26-29)51-25-21-40(5,6)50/h7,11,16-17,26,28,31-33,41,50H,1,8-10,12-15,18-25,27H2,2-6H3,(H,42,48)(H,43,47)/t31?,32?,33-/m0/s1. The van der Waals surface area contributed by atoms with Crippen LogP contribution < -0.4 is 20.7 Å². The number of amides is 3. The lowest BCUT2D eigenvalue weighted by Crippen LogP contribution is -2.56. The van der Waals surface area contributed by atoms with Crippen LogP contribution in [0.15, 0.2) is 36.9 Å². The van der Waals surface area contributed by atoms with E-state index < -0.39 is 52.9 Å². The number of hydrogen-bond acceptors (Lipinski definition) is 9. The average molecular weight is 727 g/mol. The zero-order valence-electron chi connectivity index (χ0n) is 32.0. The van der Waals surface area contributed by atoms with Crippen LogP contribution >= 0.6 is 0 Å². The fourth-order valence-electron chi connectivity index (χ4n) is 6.71. The number of aliphatic hydroxyl groups is 1. The van der Waals surface area contributed by atoms with Gasteiger partial charge in [0.25, 0.3) is 5.91 Å². The number of nitrogens with zero attached hydrogens (tertiary/aromatic N) is 1. The summed E-state index contributed by atoms with van der Waals surface area (Å²) in [5, 5.41) is 18.7. The summed E-state index contributed by atoms with van der Waals surface area (Å²) in [6.07, 6.45) is 9.99. The van der Waals surface area contributed by atoms with Crippen LogP contribution in [0.2, 0.25) is 0 Å². The van der Waals surface area contributed by atoms with Gasteiger partial charge in [-0.2, -0.15) is 0 Å². The molecule has 1 heterocycles. The summed E-state index contributed by atoms with van der Waals surface area (Å²) in [6.45, 7) is 13.7. The van der Waals surface area contributed by atoms with Crippen molar-refractivity contribution < 1.29 is 38.6 Å². The fraction of sp³-hybridized carbons (Fsp3) is 0.675. The monoisotopic (exact) mass is 726 g/mol. The molecule has 1 aliphatic heterocycles. The first kappa shape index (κ1) is 42.6. The molecule has 3 atom stereocenters. The number of likely N-dealkylation sites (tertiary alicyclic amines) is 1. The Morgan fingerprint density at radius 3 is 2.40 bits per heavy atom. The van der Waals surface area contributed by atoms with E-state index in [-0.39, 0.29) is 25.3 Å². The molecule has 2 unspecified atom stereocenters. The van der Waals surface area contributed by atoms with E-state index in [4.69, 9.17) is 9.47 Å².